The van der Waals surface area contributed by atoms with E-state index in [1.54, 1.807) is 0 Å². The van der Waals surface area contributed by atoms with Gasteiger partial charge in [0.25, 0.3) is 0 Å². The SMILES string of the molecule is Cc1cc(C)c(NC(=O)CN(C)Cc2ccc(Cl)s2)c(Cl)c1. The number of benzene rings is 1. The van der Waals surface area contributed by atoms with Crippen molar-refractivity contribution in [1.82, 2.24) is 4.90 Å². The molecule has 3 nitrogen and oxygen atoms in total. The first-order valence-corrected chi connectivity index (χ1v) is 8.41. The van der Waals surface area contributed by atoms with E-state index in [-0.39, 0.29) is 5.91 Å². The molecule has 0 aliphatic heterocycles. The van der Waals surface area contributed by atoms with Crippen LogP contribution in [0.3, 0.4) is 0 Å². The number of hydrogen-bond acceptors (Lipinski definition) is 3. The van der Waals surface area contributed by atoms with E-state index >= 15 is 0 Å². The summed E-state index contributed by atoms with van der Waals surface area (Å²) in [5.74, 6) is -0.0843. The maximum Gasteiger partial charge on any atom is 0.238 e. The van der Waals surface area contributed by atoms with E-state index in [0.717, 1.165) is 20.3 Å². The van der Waals surface area contributed by atoms with Gasteiger partial charge in [-0.3, -0.25) is 9.69 Å². The first-order chi connectivity index (χ1) is 10.3. The monoisotopic (exact) mass is 356 g/mol. The lowest BCUT2D eigenvalue weighted by Crippen LogP contribution is -2.29. The topological polar surface area (TPSA) is 32.3 Å². The summed E-state index contributed by atoms with van der Waals surface area (Å²) in [4.78, 5) is 15.2. The molecule has 0 bridgehead atoms. The Morgan fingerprint density at radius 2 is 2.00 bits per heavy atom. The predicted molar refractivity (Wildman–Crippen MR) is 95.2 cm³/mol. The maximum atomic E-state index is 12.2. The Morgan fingerprint density at radius 1 is 1.27 bits per heavy atom. The molecule has 0 atom stereocenters. The summed E-state index contributed by atoms with van der Waals surface area (Å²) in [5, 5.41) is 3.46. The van der Waals surface area contributed by atoms with Crippen molar-refractivity contribution < 1.29 is 4.79 Å². The van der Waals surface area contributed by atoms with Gasteiger partial charge in [0.05, 0.1) is 21.6 Å². The van der Waals surface area contributed by atoms with Crippen LogP contribution in [0.25, 0.3) is 0 Å². The van der Waals surface area contributed by atoms with Gasteiger partial charge < -0.3 is 5.32 Å². The zero-order valence-electron chi connectivity index (χ0n) is 12.7. The number of halogens is 2. The molecule has 0 fully saturated rings. The molecule has 0 spiro atoms. The molecule has 22 heavy (non-hydrogen) atoms. The number of hydrogen-bond donors (Lipinski definition) is 1. The molecular formula is C16H18Cl2N2OS. The molecule has 0 unspecified atom stereocenters. The number of nitrogens with one attached hydrogen (secondary N) is 1. The molecule has 0 saturated carbocycles. The van der Waals surface area contributed by atoms with E-state index in [0.29, 0.717) is 23.8 Å². The van der Waals surface area contributed by atoms with E-state index in [2.05, 4.69) is 5.32 Å². The second-order valence-electron chi connectivity index (χ2n) is 5.36. The van der Waals surface area contributed by atoms with E-state index < -0.39 is 0 Å². The van der Waals surface area contributed by atoms with Crippen LogP contribution in [-0.4, -0.2) is 24.4 Å². The lowest BCUT2D eigenvalue weighted by molar-refractivity contribution is -0.117. The van der Waals surface area contributed by atoms with Crippen LogP contribution in [0.15, 0.2) is 24.3 Å². The molecular weight excluding hydrogens is 339 g/mol. The zero-order valence-corrected chi connectivity index (χ0v) is 15.1. The first-order valence-electron chi connectivity index (χ1n) is 6.84. The van der Waals surface area contributed by atoms with Crippen LogP contribution >= 0.6 is 34.5 Å². The predicted octanol–water partition coefficient (Wildman–Crippen LogP) is 4.74. The van der Waals surface area contributed by atoms with Gasteiger partial charge in [0, 0.05) is 11.4 Å². The van der Waals surface area contributed by atoms with Crippen molar-refractivity contribution in [3.8, 4) is 0 Å². The second-order valence-corrected chi connectivity index (χ2v) is 7.57. The Balaban J connectivity index is 1.95. The van der Waals surface area contributed by atoms with Gasteiger partial charge in [-0.15, -0.1) is 11.3 Å². The summed E-state index contributed by atoms with van der Waals surface area (Å²) in [5.41, 5.74) is 2.73. The number of aryl methyl sites for hydroxylation is 2. The van der Waals surface area contributed by atoms with Gasteiger partial charge in [-0.2, -0.15) is 0 Å². The summed E-state index contributed by atoms with van der Waals surface area (Å²) in [6, 6.07) is 7.69. The van der Waals surface area contributed by atoms with Gasteiger partial charge in [0.1, 0.15) is 0 Å². The summed E-state index contributed by atoms with van der Waals surface area (Å²) >= 11 is 13.6. The van der Waals surface area contributed by atoms with Crippen LogP contribution in [0.4, 0.5) is 5.69 Å². The number of amides is 1. The minimum absolute atomic E-state index is 0.0843. The molecule has 1 amide bonds. The molecule has 1 heterocycles. The molecule has 0 aliphatic rings. The van der Waals surface area contributed by atoms with Crippen molar-refractivity contribution in [2.75, 3.05) is 18.9 Å². The number of anilines is 1. The molecule has 2 rings (SSSR count). The highest BCUT2D eigenvalue weighted by atomic mass is 35.5. The van der Waals surface area contributed by atoms with E-state index in [9.17, 15) is 4.79 Å². The Morgan fingerprint density at radius 3 is 2.59 bits per heavy atom. The number of nitrogens with zero attached hydrogens (tertiary/aromatic N) is 1. The Bertz CT molecular complexity index is 662. The summed E-state index contributed by atoms with van der Waals surface area (Å²) in [7, 11) is 1.90. The number of likely N-dealkylation sites (N-methyl/N-ethyl adjacent to an activating group) is 1. The fourth-order valence-corrected chi connectivity index (χ4v) is 3.79. The van der Waals surface area contributed by atoms with Crippen molar-refractivity contribution in [3.05, 3.63) is 49.6 Å². The van der Waals surface area contributed by atoms with Gasteiger partial charge in [-0.1, -0.05) is 29.3 Å². The molecule has 0 radical (unpaired) electrons. The summed E-state index contributed by atoms with van der Waals surface area (Å²) < 4.78 is 0.759. The molecule has 118 valence electrons. The Hall–Kier alpha value is -1.07. The third-order valence-corrected chi connectivity index (χ3v) is 4.68. The highest BCUT2D eigenvalue weighted by molar-refractivity contribution is 7.16. The number of thiophene rings is 1. The fourth-order valence-electron chi connectivity index (χ4n) is 2.26. The van der Waals surface area contributed by atoms with Crippen molar-refractivity contribution >= 4 is 46.1 Å². The number of carbonyl (C=O) groups is 1. The largest absolute Gasteiger partial charge is 0.323 e. The first kappa shape index (κ1) is 17.3. The van der Waals surface area contributed by atoms with Gasteiger partial charge >= 0.3 is 0 Å². The van der Waals surface area contributed by atoms with Crippen molar-refractivity contribution in [1.29, 1.82) is 0 Å². The van der Waals surface area contributed by atoms with E-state index in [1.165, 1.54) is 11.3 Å². The number of rotatable bonds is 5. The average Bonchev–Trinajstić information content (AvgIpc) is 2.79. The molecule has 1 N–H and O–H groups in total. The standard InChI is InChI=1S/C16H18Cl2N2OS/c1-10-6-11(2)16(13(17)7-10)19-15(21)9-20(3)8-12-4-5-14(18)22-12/h4-7H,8-9H2,1-3H3,(H,19,21). The minimum atomic E-state index is -0.0843. The maximum absolute atomic E-state index is 12.2. The minimum Gasteiger partial charge on any atom is -0.323 e. The van der Waals surface area contributed by atoms with Crippen LogP contribution < -0.4 is 5.32 Å². The van der Waals surface area contributed by atoms with Gasteiger partial charge in [0.15, 0.2) is 0 Å². The van der Waals surface area contributed by atoms with E-state index in [1.807, 2.05) is 50.1 Å². The summed E-state index contributed by atoms with van der Waals surface area (Å²) in [6.45, 7) is 4.89. The lowest BCUT2D eigenvalue weighted by Gasteiger charge is -2.17. The quantitative estimate of drug-likeness (QED) is 0.838. The molecule has 1 aromatic carbocycles. The highest BCUT2D eigenvalue weighted by Gasteiger charge is 2.12. The normalized spacial score (nSPS) is 11.0. The smallest absolute Gasteiger partial charge is 0.238 e. The average molecular weight is 357 g/mol. The molecule has 0 saturated heterocycles. The van der Waals surface area contributed by atoms with Crippen LogP contribution in [0, 0.1) is 13.8 Å². The number of carbonyl (C=O) groups excluding carboxylic acids is 1. The van der Waals surface area contributed by atoms with Crippen LogP contribution in [0.1, 0.15) is 16.0 Å². The van der Waals surface area contributed by atoms with Gasteiger partial charge in [0.2, 0.25) is 5.91 Å². The van der Waals surface area contributed by atoms with Crippen molar-refractivity contribution in [2.24, 2.45) is 0 Å². The zero-order chi connectivity index (χ0) is 16.3. The van der Waals surface area contributed by atoms with Crippen LogP contribution in [-0.2, 0) is 11.3 Å². The second kappa shape index (κ2) is 7.47. The molecule has 0 aliphatic carbocycles. The molecule has 6 heteroatoms. The van der Waals surface area contributed by atoms with Gasteiger partial charge in [-0.25, -0.2) is 0 Å². The van der Waals surface area contributed by atoms with Gasteiger partial charge in [-0.05, 0) is 50.2 Å². The highest BCUT2D eigenvalue weighted by Crippen LogP contribution is 2.27. The van der Waals surface area contributed by atoms with Crippen molar-refractivity contribution in [2.45, 2.75) is 20.4 Å². The molecule has 1 aromatic heterocycles. The molecule has 2 aromatic rings. The van der Waals surface area contributed by atoms with E-state index in [4.69, 9.17) is 23.2 Å². The Kier molecular flexibility index (Phi) is 5.87. The van der Waals surface area contributed by atoms with Crippen LogP contribution in [0.2, 0.25) is 9.36 Å². The fraction of sp³-hybridized carbons (Fsp3) is 0.312. The summed E-state index contributed by atoms with van der Waals surface area (Å²) in [6.07, 6.45) is 0. The van der Waals surface area contributed by atoms with Crippen LogP contribution in [0.5, 0.6) is 0 Å². The third-order valence-electron chi connectivity index (χ3n) is 3.16. The lowest BCUT2D eigenvalue weighted by atomic mass is 10.1. The van der Waals surface area contributed by atoms with Crippen molar-refractivity contribution in [3.63, 3.8) is 0 Å². The third kappa shape index (κ3) is 4.71. The Labute approximate surface area is 144 Å².